The van der Waals surface area contributed by atoms with Gasteiger partial charge in [-0.1, -0.05) is 50.4 Å². The maximum atomic E-state index is 12.8. The Balaban J connectivity index is 1.44. The van der Waals surface area contributed by atoms with Crippen LogP contribution in [0.2, 0.25) is 10.0 Å². The molecule has 0 spiro atoms. The molecule has 1 aliphatic heterocycles. The van der Waals surface area contributed by atoms with Gasteiger partial charge < -0.3 is 18.9 Å². The van der Waals surface area contributed by atoms with Gasteiger partial charge in [-0.3, -0.25) is 0 Å². The minimum Gasteiger partial charge on any atom is -0.459 e. The first-order valence-electron chi connectivity index (χ1n) is 12.9. The molecule has 0 N–H and O–H groups in total. The lowest BCUT2D eigenvalue weighted by Crippen LogP contribution is -2.37. The molecule has 0 unspecified atom stereocenters. The van der Waals surface area contributed by atoms with Gasteiger partial charge in [0.15, 0.2) is 6.29 Å². The summed E-state index contributed by atoms with van der Waals surface area (Å²) in [7, 11) is 0. The van der Waals surface area contributed by atoms with E-state index in [1.54, 1.807) is 48.5 Å². The second kappa shape index (κ2) is 12.6. The molecule has 2 aromatic carbocycles. The minimum absolute atomic E-state index is 0.0664. The molecule has 1 saturated carbocycles. The Morgan fingerprint density at radius 3 is 2.08 bits per heavy atom. The summed E-state index contributed by atoms with van der Waals surface area (Å²) >= 11 is 11.9. The highest BCUT2D eigenvalue weighted by atomic mass is 35.5. The number of hydrogen-bond donors (Lipinski definition) is 0. The molecule has 2 aromatic rings. The molecule has 4 rings (SSSR count). The van der Waals surface area contributed by atoms with Crippen LogP contribution in [-0.2, 0) is 18.9 Å². The van der Waals surface area contributed by atoms with Gasteiger partial charge in [-0.05, 0) is 79.1 Å². The van der Waals surface area contributed by atoms with Crippen LogP contribution in [-0.4, -0.2) is 43.1 Å². The van der Waals surface area contributed by atoms with Gasteiger partial charge in [0.05, 0.1) is 17.2 Å². The van der Waals surface area contributed by atoms with E-state index >= 15 is 0 Å². The molecular formula is C29H34Cl2O6. The standard InChI is InChI=1S/C29H34Cl2O6/c1-17(2)23-13-4-18(3)14-24(23)35-27-15-25(37-29(33)20-7-11-22(31)12-8-20)26(36-27)16-34-28(32)19-5-9-21(30)10-6-19/h5-12,17-18,23-27H,4,13-16H2,1-3H3/t18-,23+,24-,25+,26-,27+/m1/s1. The molecular weight excluding hydrogens is 515 g/mol. The normalized spacial score (nSPS) is 27.7. The van der Waals surface area contributed by atoms with Gasteiger partial charge in [-0.15, -0.1) is 0 Å². The highest BCUT2D eigenvalue weighted by Crippen LogP contribution is 2.38. The summed E-state index contributed by atoms with van der Waals surface area (Å²) in [4.78, 5) is 25.4. The molecule has 8 heteroatoms. The Hall–Kier alpha value is -2.12. The predicted molar refractivity (Wildman–Crippen MR) is 142 cm³/mol. The first-order valence-corrected chi connectivity index (χ1v) is 13.7. The van der Waals surface area contributed by atoms with Crippen LogP contribution in [0.3, 0.4) is 0 Å². The second-order valence-electron chi connectivity index (χ2n) is 10.4. The summed E-state index contributed by atoms with van der Waals surface area (Å²) in [5, 5.41) is 1.06. The zero-order valence-corrected chi connectivity index (χ0v) is 22.9. The largest absolute Gasteiger partial charge is 0.459 e. The van der Waals surface area contributed by atoms with Crippen molar-refractivity contribution in [2.24, 2.45) is 17.8 Å². The van der Waals surface area contributed by atoms with E-state index in [-0.39, 0.29) is 12.7 Å². The summed E-state index contributed by atoms with van der Waals surface area (Å²) in [5.74, 6) is 0.515. The summed E-state index contributed by atoms with van der Waals surface area (Å²) in [5.41, 5.74) is 0.757. The number of ether oxygens (including phenoxy) is 4. The lowest BCUT2D eigenvalue weighted by Gasteiger charge is -2.38. The van der Waals surface area contributed by atoms with Gasteiger partial charge in [0.1, 0.15) is 18.8 Å². The Bertz CT molecular complexity index is 1060. The van der Waals surface area contributed by atoms with E-state index in [9.17, 15) is 9.59 Å². The van der Waals surface area contributed by atoms with Crippen molar-refractivity contribution in [1.82, 2.24) is 0 Å². The second-order valence-corrected chi connectivity index (χ2v) is 11.3. The molecule has 0 bridgehead atoms. The molecule has 1 aliphatic carbocycles. The zero-order chi connectivity index (χ0) is 26.5. The fourth-order valence-corrected chi connectivity index (χ4v) is 5.37. The van der Waals surface area contributed by atoms with Crippen molar-refractivity contribution in [1.29, 1.82) is 0 Å². The van der Waals surface area contributed by atoms with Crippen molar-refractivity contribution < 1.29 is 28.5 Å². The first-order chi connectivity index (χ1) is 17.7. The number of carbonyl (C=O) groups excluding carboxylic acids is 2. The van der Waals surface area contributed by atoms with E-state index in [0.29, 0.717) is 45.3 Å². The predicted octanol–water partition coefficient (Wildman–Crippen LogP) is 6.97. The van der Waals surface area contributed by atoms with Crippen LogP contribution in [0.5, 0.6) is 0 Å². The summed E-state index contributed by atoms with van der Waals surface area (Å²) in [6.45, 7) is 6.62. The summed E-state index contributed by atoms with van der Waals surface area (Å²) in [6, 6.07) is 12.9. The lowest BCUT2D eigenvalue weighted by molar-refractivity contribution is -0.192. The number of hydrogen-bond acceptors (Lipinski definition) is 6. The van der Waals surface area contributed by atoms with Crippen molar-refractivity contribution in [3.63, 3.8) is 0 Å². The Labute approximate surface area is 228 Å². The average molecular weight is 549 g/mol. The van der Waals surface area contributed by atoms with Crippen LogP contribution in [0.4, 0.5) is 0 Å². The van der Waals surface area contributed by atoms with E-state index in [0.717, 1.165) is 12.8 Å². The average Bonchev–Trinajstić information content (AvgIpc) is 3.23. The van der Waals surface area contributed by atoms with Crippen molar-refractivity contribution in [3.8, 4) is 0 Å². The van der Waals surface area contributed by atoms with Gasteiger partial charge in [-0.25, -0.2) is 9.59 Å². The molecule has 6 atom stereocenters. The van der Waals surface area contributed by atoms with Gasteiger partial charge in [0, 0.05) is 16.5 Å². The lowest BCUT2D eigenvalue weighted by atomic mass is 9.75. The SMILES string of the molecule is CC(C)[C@@H]1CC[C@@H](C)C[C@H]1O[C@@H]1C[C@H](OC(=O)c2ccc(Cl)cc2)[C@@H](COC(=O)c2ccc(Cl)cc2)O1. The van der Waals surface area contributed by atoms with Crippen LogP contribution >= 0.6 is 23.2 Å². The zero-order valence-electron chi connectivity index (χ0n) is 21.4. The Kier molecular flexibility index (Phi) is 9.51. The maximum absolute atomic E-state index is 12.8. The highest BCUT2D eigenvalue weighted by molar-refractivity contribution is 6.31. The molecule has 37 heavy (non-hydrogen) atoms. The third-order valence-corrected chi connectivity index (χ3v) is 7.75. The third-order valence-electron chi connectivity index (χ3n) is 7.25. The smallest absolute Gasteiger partial charge is 0.338 e. The fraction of sp³-hybridized carbons (Fsp3) is 0.517. The molecule has 0 aromatic heterocycles. The Morgan fingerprint density at radius 2 is 1.49 bits per heavy atom. The van der Waals surface area contributed by atoms with Crippen LogP contribution in [0.25, 0.3) is 0 Å². The monoisotopic (exact) mass is 548 g/mol. The van der Waals surface area contributed by atoms with E-state index in [4.69, 9.17) is 42.1 Å². The molecule has 1 saturated heterocycles. The minimum atomic E-state index is -0.656. The van der Waals surface area contributed by atoms with Crippen molar-refractivity contribution >= 4 is 35.1 Å². The number of halogens is 2. The molecule has 0 amide bonds. The van der Waals surface area contributed by atoms with Gasteiger partial charge >= 0.3 is 11.9 Å². The number of rotatable bonds is 8. The van der Waals surface area contributed by atoms with E-state index in [2.05, 4.69) is 20.8 Å². The van der Waals surface area contributed by atoms with Gasteiger partial charge in [0.2, 0.25) is 0 Å². The van der Waals surface area contributed by atoms with Crippen molar-refractivity contribution in [2.45, 2.75) is 71.1 Å². The van der Waals surface area contributed by atoms with E-state index in [1.807, 2.05) is 0 Å². The molecule has 200 valence electrons. The summed E-state index contributed by atoms with van der Waals surface area (Å²) in [6.07, 6.45) is 1.86. The molecule has 0 radical (unpaired) electrons. The van der Waals surface area contributed by atoms with Crippen molar-refractivity contribution in [2.75, 3.05) is 6.61 Å². The van der Waals surface area contributed by atoms with Crippen molar-refractivity contribution in [3.05, 3.63) is 69.7 Å². The maximum Gasteiger partial charge on any atom is 0.338 e. The number of benzene rings is 2. The van der Waals surface area contributed by atoms with E-state index < -0.39 is 30.4 Å². The van der Waals surface area contributed by atoms with Crippen LogP contribution in [0.1, 0.15) is 67.2 Å². The molecule has 2 fully saturated rings. The van der Waals surface area contributed by atoms with Crippen LogP contribution < -0.4 is 0 Å². The van der Waals surface area contributed by atoms with Gasteiger partial charge in [-0.2, -0.15) is 0 Å². The molecule has 1 heterocycles. The first kappa shape index (κ1) is 27.9. The van der Waals surface area contributed by atoms with Crippen LogP contribution in [0.15, 0.2) is 48.5 Å². The van der Waals surface area contributed by atoms with Gasteiger partial charge in [0.25, 0.3) is 0 Å². The molecule has 6 nitrogen and oxygen atoms in total. The topological polar surface area (TPSA) is 71.1 Å². The summed E-state index contributed by atoms with van der Waals surface area (Å²) < 4.78 is 24.0. The van der Waals surface area contributed by atoms with E-state index in [1.165, 1.54) is 6.42 Å². The quantitative estimate of drug-likeness (QED) is 0.331. The van der Waals surface area contributed by atoms with Crippen LogP contribution in [0, 0.1) is 17.8 Å². The molecule has 2 aliphatic rings. The number of esters is 2. The fourth-order valence-electron chi connectivity index (χ4n) is 5.12. The third kappa shape index (κ3) is 7.47. The Morgan fingerprint density at radius 1 is 0.892 bits per heavy atom. The highest BCUT2D eigenvalue weighted by Gasteiger charge is 2.42. The number of carbonyl (C=O) groups is 2.